The smallest absolute Gasteiger partial charge is 0.308 e. The Bertz CT molecular complexity index is 524. The van der Waals surface area contributed by atoms with Crippen LogP contribution in [0.25, 0.3) is 0 Å². The second kappa shape index (κ2) is 7.07. The third-order valence-corrected chi connectivity index (χ3v) is 5.18. The van der Waals surface area contributed by atoms with Gasteiger partial charge < -0.3 is 10.4 Å². The van der Waals surface area contributed by atoms with Crippen molar-refractivity contribution in [3.8, 4) is 0 Å². The van der Waals surface area contributed by atoms with Crippen LogP contribution in [0.3, 0.4) is 0 Å². The van der Waals surface area contributed by atoms with Gasteiger partial charge in [0.05, 0.1) is 5.92 Å². The molecule has 1 heterocycles. The van der Waals surface area contributed by atoms with Gasteiger partial charge in [-0.2, -0.15) is 0 Å². The lowest BCUT2D eigenvalue weighted by Gasteiger charge is -2.17. The second-order valence-electron chi connectivity index (χ2n) is 5.84. The van der Waals surface area contributed by atoms with E-state index >= 15 is 0 Å². The number of carbonyl (C=O) groups is 2. The van der Waals surface area contributed by atoms with Crippen molar-refractivity contribution in [2.75, 3.05) is 0 Å². The van der Waals surface area contributed by atoms with Crippen molar-refractivity contribution >= 4 is 23.2 Å². The van der Waals surface area contributed by atoms with Crippen LogP contribution in [0, 0.1) is 19.8 Å². The van der Waals surface area contributed by atoms with E-state index < -0.39 is 11.9 Å². The van der Waals surface area contributed by atoms with Crippen molar-refractivity contribution in [1.82, 2.24) is 5.32 Å². The predicted molar refractivity (Wildman–Crippen MR) is 83.6 cm³/mol. The molecule has 4 nitrogen and oxygen atoms in total. The molecule has 1 aliphatic carbocycles. The molecule has 0 aliphatic heterocycles. The van der Waals surface area contributed by atoms with Gasteiger partial charge in [0.2, 0.25) is 5.91 Å². The normalized spacial score (nSPS) is 21.4. The summed E-state index contributed by atoms with van der Waals surface area (Å²) in [4.78, 5) is 25.7. The van der Waals surface area contributed by atoms with Crippen LogP contribution in [0.15, 0.2) is 6.07 Å². The largest absolute Gasteiger partial charge is 0.481 e. The van der Waals surface area contributed by atoms with Crippen LogP contribution in [0.5, 0.6) is 0 Å². The minimum atomic E-state index is -0.790. The number of nitrogens with one attached hydrogen (secondary N) is 1. The number of aliphatic carboxylic acids is 1. The number of rotatable bonds is 6. The SMILES string of the molecule is Cc1cc(CCCC(=O)N[C@@H]2CCC[C@@H]2C(=O)O)c(C)s1. The number of aryl methyl sites for hydroxylation is 3. The molecule has 1 fully saturated rings. The Labute approximate surface area is 129 Å². The standard InChI is InChI=1S/C16H23NO3S/c1-10-9-12(11(2)21-10)5-3-8-15(18)17-14-7-4-6-13(14)16(19)20/h9,13-14H,3-8H2,1-2H3,(H,17,18)(H,19,20)/t13-,14+/m0/s1. The van der Waals surface area contributed by atoms with Crippen LogP contribution in [0.2, 0.25) is 0 Å². The lowest BCUT2D eigenvalue weighted by atomic mass is 10.0. The molecule has 1 aromatic heterocycles. The van der Waals surface area contributed by atoms with Crippen molar-refractivity contribution in [1.29, 1.82) is 0 Å². The Morgan fingerprint density at radius 2 is 2.14 bits per heavy atom. The molecule has 2 N–H and O–H groups in total. The van der Waals surface area contributed by atoms with E-state index in [1.54, 1.807) is 11.3 Å². The molecule has 1 amide bonds. The summed E-state index contributed by atoms with van der Waals surface area (Å²) < 4.78 is 0. The number of hydrogen-bond acceptors (Lipinski definition) is 3. The Hall–Kier alpha value is -1.36. The van der Waals surface area contributed by atoms with E-state index in [1.165, 1.54) is 15.3 Å². The fraction of sp³-hybridized carbons (Fsp3) is 0.625. The third-order valence-electron chi connectivity index (χ3n) is 4.17. The average molecular weight is 309 g/mol. The maximum atomic E-state index is 11.9. The Kier molecular flexibility index (Phi) is 5.39. The van der Waals surface area contributed by atoms with E-state index in [4.69, 9.17) is 5.11 Å². The highest BCUT2D eigenvalue weighted by molar-refractivity contribution is 7.12. The highest BCUT2D eigenvalue weighted by atomic mass is 32.1. The first-order valence-corrected chi connectivity index (χ1v) is 8.37. The fourth-order valence-corrected chi connectivity index (χ4v) is 4.05. The molecule has 1 aromatic rings. The summed E-state index contributed by atoms with van der Waals surface area (Å²) in [6.07, 6.45) is 4.54. The highest BCUT2D eigenvalue weighted by Crippen LogP contribution is 2.26. The zero-order valence-corrected chi connectivity index (χ0v) is 13.5. The van der Waals surface area contributed by atoms with Gasteiger partial charge in [-0.3, -0.25) is 9.59 Å². The minimum Gasteiger partial charge on any atom is -0.481 e. The average Bonchev–Trinajstić information content (AvgIpc) is 2.96. The van der Waals surface area contributed by atoms with Gasteiger partial charge in [0, 0.05) is 22.2 Å². The van der Waals surface area contributed by atoms with Gasteiger partial charge in [0.15, 0.2) is 0 Å². The fourth-order valence-electron chi connectivity index (χ4n) is 3.08. The number of amides is 1. The van der Waals surface area contributed by atoms with Crippen molar-refractivity contribution in [2.24, 2.45) is 5.92 Å². The molecule has 0 radical (unpaired) electrons. The number of carbonyl (C=O) groups excluding carboxylic acids is 1. The number of hydrogen-bond donors (Lipinski definition) is 2. The molecule has 0 saturated heterocycles. The maximum Gasteiger partial charge on any atom is 0.308 e. The molecule has 2 atom stereocenters. The van der Waals surface area contributed by atoms with E-state index in [-0.39, 0.29) is 11.9 Å². The summed E-state index contributed by atoms with van der Waals surface area (Å²) in [7, 11) is 0. The molecule has 116 valence electrons. The first kappa shape index (κ1) is 16.0. The van der Waals surface area contributed by atoms with Crippen molar-refractivity contribution < 1.29 is 14.7 Å². The summed E-state index contributed by atoms with van der Waals surface area (Å²) in [6.45, 7) is 4.21. The van der Waals surface area contributed by atoms with Gasteiger partial charge >= 0.3 is 5.97 Å². The summed E-state index contributed by atoms with van der Waals surface area (Å²) in [5.74, 6) is -1.21. The first-order chi connectivity index (χ1) is 9.97. The van der Waals surface area contributed by atoms with Crippen LogP contribution in [0.1, 0.15) is 47.4 Å². The molecule has 5 heteroatoms. The van der Waals surface area contributed by atoms with E-state index in [0.717, 1.165) is 25.7 Å². The van der Waals surface area contributed by atoms with Gasteiger partial charge in [-0.1, -0.05) is 6.42 Å². The van der Waals surface area contributed by atoms with Crippen molar-refractivity contribution in [3.05, 3.63) is 21.4 Å². The topological polar surface area (TPSA) is 66.4 Å². The first-order valence-electron chi connectivity index (χ1n) is 7.55. The zero-order valence-electron chi connectivity index (χ0n) is 12.6. The van der Waals surface area contributed by atoms with Crippen LogP contribution >= 0.6 is 11.3 Å². The Balaban J connectivity index is 1.75. The minimum absolute atomic E-state index is 0.0160. The lowest BCUT2D eigenvalue weighted by molar-refractivity contribution is -0.142. The molecule has 2 rings (SSSR count). The van der Waals surface area contributed by atoms with Crippen molar-refractivity contribution in [3.63, 3.8) is 0 Å². The van der Waals surface area contributed by atoms with Crippen LogP contribution in [-0.2, 0) is 16.0 Å². The molecular formula is C16H23NO3S. The van der Waals surface area contributed by atoms with E-state index in [0.29, 0.717) is 12.8 Å². The summed E-state index contributed by atoms with van der Waals surface area (Å²) in [5, 5.41) is 12.0. The molecule has 0 aromatic carbocycles. The van der Waals surface area contributed by atoms with Crippen LogP contribution in [-0.4, -0.2) is 23.0 Å². The van der Waals surface area contributed by atoms with Gasteiger partial charge in [-0.15, -0.1) is 11.3 Å². The summed E-state index contributed by atoms with van der Waals surface area (Å²) >= 11 is 1.79. The van der Waals surface area contributed by atoms with Crippen molar-refractivity contribution in [2.45, 2.75) is 58.4 Å². The molecule has 0 bridgehead atoms. The van der Waals surface area contributed by atoms with E-state index in [1.807, 2.05) is 0 Å². The molecule has 1 saturated carbocycles. The van der Waals surface area contributed by atoms with Gasteiger partial charge in [0.1, 0.15) is 0 Å². The summed E-state index contributed by atoms with van der Waals surface area (Å²) in [6, 6.07) is 2.01. The van der Waals surface area contributed by atoms with E-state index in [9.17, 15) is 9.59 Å². The van der Waals surface area contributed by atoms with Gasteiger partial charge in [-0.25, -0.2) is 0 Å². The maximum absolute atomic E-state index is 11.9. The van der Waals surface area contributed by atoms with Gasteiger partial charge in [-0.05, 0) is 51.2 Å². The quantitative estimate of drug-likeness (QED) is 0.848. The Morgan fingerprint density at radius 1 is 1.38 bits per heavy atom. The number of carboxylic acids is 1. The third kappa shape index (κ3) is 4.30. The molecule has 1 aliphatic rings. The number of carboxylic acid groups (broad SMARTS) is 1. The molecular weight excluding hydrogens is 286 g/mol. The zero-order chi connectivity index (χ0) is 15.4. The van der Waals surface area contributed by atoms with Crippen LogP contribution < -0.4 is 5.32 Å². The number of thiophene rings is 1. The molecule has 0 unspecified atom stereocenters. The molecule has 0 spiro atoms. The molecule has 21 heavy (non-hydrogen) atoms. The second-order valence-corrected chi connectivity index (χ2v) is 7.30. The monoisotopic (exact) mass is 309 g/mol. The highest BCUT2D eigenvalue weighted by Gasteiger charge is 2.33. The van der Waals surface area contributed by atoms with Gasteiger partial charge in [0.25, 0.3) is 0 Å². The lowest BCUT2D eigenvalue weighted by Crippen LogP contribution is -2.40. The summed E-state index contributed by atoms with van der Waals surface area (Å²) in [5.41, 5.74) is 1.33. The van der Waals surface area contributed by atoms with Crippen LogP contribution in [0.4, 0.5) is 0 Å². The predicted octanol–water partition coefficient (Wildman–Crippen LogP) is 3.06. The van der Waals surface area contributed by atoms with E-state index in [2.05, 4.69) is 25.2 Å². The Morgan fingerprint density at radius 3 is 2.76 bits per heavy atom.